The van der Waals surface area contributed by atoms with E-state index in [1.165, 1.54) is 11.9 Å². The van der Waals surface area contributed by atoms with Gasteiger partial charge in [-0.1, -0.05) is 29.8 Å². The molecule has 0 aliphatic carbocycles. The molecule has 2 rings (SSSR count). The smallest absolute Gasteiger partial charge is 0.242 e. The quantitative estimate of drug-likeness (QED) is 0.541. The fraction of sp³-hybridized carbons (Fsp3) is 0.364. The van der Waals surface area contributed by atoms with Gasteiger partial charge in [-0.2, -0.15) is 0 Å². The molecule has 180 valence electrons. The molecule has 0 aliphatic rings. The predicted octanol–water partition coefficient (Wildman–Crippen LogP) is 3.33. The van der Waals surface area contributed by atoms with Gasteiger partial charge in [0.05, 0.1) is 11.9 Å². The Balaban J connectivity index is 2.17. The minimum atomic E-state index is -3.82. The second-order valence-corrected chi connectivity index (χ2v) is 9.75. The van der Waals surface area contributed by atoms with E-state index in [0.29, 0.717) is 10.6 Å². The van der Waals surface area contributed by atoms with Gasteiger partial charge in [-0.05, 0) is 37.1 Å². The predicted molar refractivity (Wildman–Crippen MR) is 123 cm³/mol. The Bertz CT molecular complexity index is 1110. The van der Waals surface area contributed by atoms with Crippen molar-refractivity contribution in [2.75, 3.05) is 24.2 Å². The van der Waals surface area contributed by atoms with Crippen molar-refractivity contribution in [3.05, 3.63) is 64.7 Å². The van der Waals surface area contributed by atoms with E-state index in [1.54, 1.807) is 31.2 Å². The first-order chi connectivity index (χ1) is 15.5. The molecule has 0 bridgehead atoms. The van der Waals surface area contributed by atoms with Crippen LogP contribution in [-0.2, 0) is 26.2 Å². The zero-order valence-corrected chi connectivity index (χ0v) is 20.1. The van der Waals surface area contributed by atoms with Gasteiger partial charge in [0, 0.05) is 37.6 Å². The molecule has 7 nitrogen and oxygen atoms in total. The standard InChI is InChI=1S/C22H26ClF2N3O4S/c1-15(22(30)26-2)27(14-16-7-4-5-8-18(16)23)21(29)9-6-12-28(33(3,31)32)17-10-11-19(24)20(25)13-17/h4-5,7-8,10-11,13,15H,6,9,12,14H2,1-3H3,(H,26,30). The van der Waals surface area contributed by atoms with Gasteiger partial charge in [0.1, 0.15) is 6.04 Å². The number of likely N-dealkylation sites (N-methyl/N-ethyl adjacent to an activating group) is 1. The zero-order valence-electron chi connectivity index (χ0n) is 18.5. The largest absolute Gasteiger partial charge is 0.357 e. The molecular weight excluding hydrogens is 476 g/mol. The highest BCUT2D eigenvalue weighted by Crippen LogP contribution is 2.22. The molecule has 0 saturated carbocycles. The summed E-state index contributed by atoms with van der Waals surface area (Å²) in [5.74, 6) is -3.02. The summed E-state index contributed by atoms with van der Waals surface area (Å²) in [6, 6.07) is 8.91. The van der Waals surface area contributed by atoms with Gasteiger partial charge < -0.3 is 10.2 Å². The van der Waals surface area contributed by atoms with Crippen LogP contribution in [0.1, 0.15) is 25.3 Å². The maximum absolute atomic E-state index is 13.6. The van der Waals surface area contributed by atoms with Crippen LogP contribution in [0.2, 0.25) is 5.02 Å². The summed E-state index contributed by atoms with van der Waals surface area (Å²) in [7, 11) is -2.35. The number of hydrogen-bond donors (Lipinski definition) is 1. The fourth-order valence-corrected chi connectivity index (χ4v) is 4.40. The highest BCUT2D eigenvalue weighted by Gasteiger charge is 2.26. The van der Waals surface area contributed by atoms with Crippen molar-refractivity contribution in [2.45, 2.75) is 32.4 Å². The zero-order chi connectivity index (χ0) is 24.8. The summed E-state index contributed by atoms with van der Waals surface area (Å²) >= 11 is 6.21. The van der Waals surface area contributed by atoms with E-state index in [2.05, 4.69) is 5.32 Å². The highest BCUT2D eigenvalue weighted by atomic mass is 35.5. The van der Waals surface area contributed by atoms with Gasteiger partial charge in [-0.15, -0.1) is 0 Å². The number of sulfonamides is 1. The number of nitrogens with one attached hydrogen (secondary N) is 1. The van der Waals surface area contributed by atoms with E-state index in [9.17, 15) is 26.8 Å². The minimum Gasteiger partial charge on any atom is -0.357 e. The SMILES string of the molecule is CNC(=O)C(C)N(Cc1ccccc1Cl)C(=O)CCCN(c1ccc(F)c(F)c1)S(C)(=O)=O. The van der Waals surface area contributed by atoms with Gasteiger partial charge in [-0.3, -0.25) is 13.9 Å². The van der Waals surface area contributed by atoms with Gasteiger partial charge >= 0.3 is 0 Å². The number of halogens is 3. The van der Waals surface area contributed by atoms with Crippen LogP contribution in [0.25, 0.3) is 0 Å². The molecule has 0 aliphatic heterocycles. The van der Waals surface area contributed by atoms with Crippen molar-refractivity contribution >= 4 is 39.1 Å². The number of benzene rings is 2. The third-order valence-electron chi connectivity index (χ3n) is 5.06. The lowest BCUT2D eigenvalue weighted by Crippen LogP contribution is -2.46. The van der Waals surface area contributed by atoms with E-state index in [1.807, 2.05) is 0 Å². The number of nitrogens with zero attached hydrogens (tertiary/aromatic N) is 2. The molecule has 1 unspecified atom stereocenters. The topological polar surface area (TPSA) is 86.8 Å². The molecule has 11 heteroatoms. The van der Waals surface area contributed by atoms with Crippen LogP contribution >= 0.6 is 11.6 Å². The number of carbonyl (C=O) groups excluding carboxylic acids is 2. The molecule has 0 heterocycles. The second kappa shape index (κ2) is 11.4. The molecule has 2 aromatic rings. The van der Waals surface area contributed by atoms with Gasteiger partial charge in [0.25, 0.3) is 0 Å². The lowest BCUT2D eigenvalue weighted by molar-refractivity contribution is -0.140. The van der Waals surface area contributed by atoms with E-state index < -0.39 is 27.7 Å². The third kappa shape index (κ3) is 7.13. The highest BCUT2D eigenvalue weighted by molar-refractivity contribution is 7.92. The molecule has 1 N–H and O–H groups in total. The third-order valence-corrected chi connectivity index (χ3v) is 6.62. The van der Waals surface area contributed by atoms with E-state index >= 15 is 0 Å². The molecule has 0 spiro atoms. The van der Waals surface area contributed by atoms with Gasteiger partial charge in [0.2, 0.25) is 21.8 Å². The molecule has 0 radical (unpaired) electrons. The molecular formula is C22H26ClF2N3O4S. The number of carbonyl (C=O) groups is 2. The van der Waals surface area contributed by atoms with Gasteiger partial charge in [0.15, 0.2) is 11.6 Å². The average Bonchev–Trinajstić information content (AvgIpc) is 2.76. The van der Waals surface area contributed by atoms with E-state index in [0.717, 1.165) is 28.8 Å². The molecule has 0 aromatic heterocycles. The summed E-state index contributed by atoms with van der Waals surface area (Å²) in [6.45, 7) is 1.54. The van der Waals surface area contributed by atoms with Crippen molar-refractivity contribution in [1.82, 2.24) is 10.2 Å². The lowest BCUT2D eigenvalue weighted by atomic mass is 10.1. The first-order valence-corrected chi connectivity index (χ1v) is 12.4. The Morgan fingerprint density at radius 1 is 1.12 bits per heavy atom. The normalized spacial score (nSPS) is 12.2. The van der Waals surface area contributed by atoms with Crippen LogP contribution in [0.5, 0.6) is 0 Å². The Morgan fingerprint density at radius 3 is 2.36 bits per heavy atom. The Morgan fingerprint density at radius 2 is 1.79 bits per heavy atom. The van der Waals surface area contributed by atoms with Crippen LogP contribution in [0, 0.1) is 11.6 Å². The van der Waals surface area contributed by atoms with Crippen LogP contribution < -0.4 is 9.62 Å². The van der Waals surface area contributed by atoms with Crippen LogP contribution in [0.15, 0.2) is 42.5 Å². The molecule has 1 atom stereocenters. The molecule has 0 saturated heterocycles. The number of hydrogen-bond acceptors (Lipinski definition) is 4. The number of amides is 2. The average molecular weight is 502 g/mol. The maximum Gasteiger partial charge on any atom is 0.242 e. The number of anilines is 1. The summed E-state index contributed by atoms with van der Waals surface area (Å²) in [5, 5.41) is 2.95. The summed E-state index contributed by atoms with van der Waals surface area (Å²) in [6.07, 6.45) is 0.944. The van der Waals surface area contributed by atoms with Crippen molar-refractivity contribution in [1.29, 1.82) is 0 Å². The van der Waals surface area contributed by atoms with Crippen molar-refractivity contribution in [3.63, 3.8) is 0 Å². The second-order valence-electron chi connectivity index (χ2n) is 7.44. The monoisotopic (exact) mass is 501 g/mol. The maximum atomic E-state index is 13.6. The summed E-state index contributed by atoms with van der Waals surface area (Å²) in [4.78, 5) is 26.6. The first kappa shape index (κ1) is 26.5. The van der Waals surface area contributed by atoms with Gasteiger partial charge in [-0.25, -0.2) is 17.2 Å². The van der Waals surface area contributed by atoms with Crippen LogP contribution in [-0.4, -0.2) is 51.0 Å². The number of rotatable bonds is 10. The van der Waals surface area contributed by atoms with Crippen LogP contribution in [0.4, 0.5) is 14.5 Å². The van der Waals surface area contributed by atoms with Crippen LogP contribution in [0.3, 0.4) is 0 Å². The molecule has 2 amide bonds. The fourth-order valence-electron chi connectivity index (χ4n) is 3.25. The van der Waals surface area contributed by atoms with Crippen molar-refractivity contribution in [3.8, 4) is 0 Å². The molecule has 0 fully saturated rings. The van der Waals surface area contributed by atoms with E-state index in [4.69, 9.17) is 11.6 Å². The summed E-state index contributed by atoms with van der Waals surface area (Å²) in [5.41, 5.74) is 0.610. The molecule has 2 aromatic carbocycles. The van der Waals surface area contributed by atoms with Crippen molar-refractivity contribution in [2.24, 2.45) is 0 Å². The molecule has 33 heavy (non-hydrogen) atoms. The Hall–Kier alpha value is -2.72. The van der Waals surface area contributed by atoms with E-state index in [-0.39, 0.29) is 43.4 Å². The summed E-state index contributed by atoms with van der Waals surface area (Å²) < 4.78 is 52.2. The lowest BCUT2D eigenvalue weighted by Gasteiger charge is -2.29. The minimum absolute atomic E-state index is 0.0458. The first-order valence-electron chi connectivity index (χ1n) is 10.1. The Labute approximate surface area is 197 Å². The van der Waals surface area contributed by atoms with Crippen molar-refractivity contribution < 1.29 is 26.8 Å². The Kier molecular flexibility index (Phi) is 9.18.